The first kappa shape index (κ1) is 12.6. The summed E-state index contributed by atoms with van der Waals surface area (Å²) in [6.07, 6.45) is 3.59. The molecule has 3 rings (SSSR count). The summed E-state index contributed by atoms with van der Waals surface area (Å²) >= 11 is 0. The van der Waals surface area contributed by atoms with Crippen LogP contribution in [0.15, 0.2) is 24.3 Å². The van der Waals surface area contributed by atoms with Crippen LogP contribution in [0.2, 0.25) is 0 Å². The van der Waals surface area contributed by atoms with E-state index < -0.39 is 0 Å². The zero-order valence-corrected chi connectivity index (χ0v) is 11.1. The zero-order valence-electron chi connectivity index (χ0n) is 11.1. The monoisotopic (exact) mass is 259 g/mol. The van der Waals surface area contributed by atoms with Crippen LogP contribution in [0.25, 0.3) is 11.0 Å². The normalized spacial score (nSPS) is 23.3. The van der Waals surface area contributed by atoms with Crippen LogP contribution < -0.4 is 5.73 Å². The van der Waals surface area contributed by atoms with Gasteiger partial charge in [0, 0.05) is 12.5 Å². The van der Waals surface area contributed by atoms with Gasteiger partial charge < -0.3 is 15.4 Å². The lowest BCUT2D eigenvalue weighted by Gasteiger charge is -2.19. The summed E-state index contributed by atoms with van der Waals surface area (Å²) in [5, 5.41) is 9.31. The fraction of sp³-hybridized carbons (Fsp3) is 0.533. The molecule has 4 heteroatoms. The largest absolute Gasteiger partial charge is 0.395 e. The number of aromatic nitrogens is 2. The van der Waals surface area contributed by atoms with Crippen LogP contribution in [-0.4, -0.2) is 27.8 Å². The molecule has 4 nitrogen and oxygen atoms in total. The number of hydrogen-bond acceptors (Lipinski definition) is 3. The Hall–Kier alpha value is -1.39. The number of aliphatic hydroxyl groups excluding tert-OH is 1. The molecule has 2 unspecified atom stereocenters. The average molecular weight is 259 g/mol. The Morgan fingerprint density at radius 3 is 2.95 bits per heavy atom. The Morgan fingerprint density at radius 1 is 1.32 bits per heavy atom. The van der Waals surface area contributed by atoms with Crippen molar-refractivity contribution >= 4 is 11.0 Å². The van der Waals surface area contributed by atoms with Gasteiger partial charge in [-0.25, -0.2) is 4.98 Å². The number of nitrogens with two attached hydrogens (primary N) is 1. The van der Waals surface area contributed by atoms with Gasteiger partial charge in [-0.05, 0) is 37.4 Å². The minimum atomic E-state index is 0.146. The number of benzene rings is 1. The van der Waals surface area contributed by atoms with Gasteiger partial charge in [0.25, 0.3) is 0 Å². The SMILES string of the molecule is NCC1CCCC1c1nc2ccccc2n1CCO. The van der Waals surface area contributed by atoms with Crippen molar-refractivity contribution in [3.63, 3.8) is 0 Å². The van der Waals surface area contributed by atoms with Gasteiger partial charge in [-0.1, -0.05) is 18.6 Å². The van der Waals surface area contributed by atoms with Crippen LogP contribution in [0.3, 0.4) is 0 Å². The fourth-order valence-electron chi connectivity index (χ4n) is 3.37. The standard InChI is InChI=1S/C15H21N3O/c16-10-11-4-3-5-12(11)15-17-13-6-1-2-7-14(13)18(15)8-9-19/h1-2,6-7,11-12,19H,3-5,8-10,16H2. The smallest absolute Gasteiger partial charge is 0.113 e. The molecule has 0 saturated heterocycles. The quantitative estimate of drug-likeness (QED) is 0.881. The van der Waals surface area contributed by atoms with E-state index in [1.165, 1.54) is 12.8 Å². The second kappa shape index (κ2) is 5.31. The van der Waals surface area contributed by atoms with Gasteiger partial charge >= 0.3 is 0 Å². The fourth-order valence-corrected chi connectivity index (χ4v) is 3.37. The highest BCUT2D eigenvalue weighted by molar-refractivity contribution is 5.76. The number of para-hydroxylation sites is 2. The Labute approximate surface area is 113 Å². The number of fused-ring (bicyclic) bond motifs is 1. The van der Waals surface area contributed by atoms with Crippen LogP contribution >= 0.6 is 0 Å². The summed E-state index contributed by atoms with van der Waals surface area (Å²) < 4.78 is 2.17. The summed E-state index contributed by atoms with van der Waals surface area (Å²) in [7, 11) is 0. The summed E-state index contributed by atoms with van der Waals surface area (Å²) in [5.74, 6) is 2.10. The summed E-state index contributed by atoms with van der Waals surface area (Å²) in [6, 6.07) is 8.15. The van der Waals surface area contributed by atoms with Crippen molar-refractivity contribution in [2.24, 2.45) is 11.7 Å². The highest BCUT2D eigenvalue weighted by Crippen LogP contribution is 2.39. The lowest BCUT2D eigenvalue weighted by molar-refractivity contribution is 0.273. The topological polar surface area (TPSA) is 64.1 Å². The van der Waals surface area contributed by atoms with Gasteiger partial charge in [-0.3, -0.25) is 0 Å². The molecule has 3 N–H and O–H groups in total. The van der Waals surface area contributed by atoms with Crippen LogP contribution in [0.5, 0.6) is 0 Å². The Bertz CT molecular complexity index is 564. The summed E-state index contributed by atoms with van der Waals surface area (Å²) in [4.78, 5) is 4.81. The van der Waals surface area contributed by atoms with Crippen molar-refractivity contribution in [2.75, 3.05) is 13.2 Å². The lowest BCUT2D eigenvalue weighted by atomic mass is 9.95. The van der Waals surface area contributed by atoms with Crippen LogP contribution in [-0.2, 0) is 6.54 Å². The third-order valence-corrected chi connectivity index (χ3v) is 4.30. The van der Waals surface area contributed by atoms with Crippen LogP contribution in [0, 0.1) is 5.92 Å². The second-order valence-electron chi connectivity index (χ2n) is 5.37. The molecule has 1 aromatic heterocycles. The molecule has 19 heavy (non-hydrogen) atoms. The molecule has 1 aromatic carbocycles. The van der Waals surface area contributed by atoms with E-state index in [2.05, 4.69) is 10.6 Å². The van der Waals surface area contributed by atoms with E-state index in [0.29, 0.717) is 18.4 Å². The van der Waals surface area contributed by atoms with E-state index in [1.807, 2.05) is 18.2 Å². The highest BCUT2D eigenvalue weighted by Gasteiger charge is 2.31. The zero-order chi connectivity index (χ0) is 13.2. The number of aliphatic hydroxyl groups is 1. The predicted octanol–water partition coefficient (Wildman–Crippen LogP) is 1.87. The van der Waals surface area contributed by atoms with Crippen molar-refractivity contribution in [1.29, 1.82) is 0 Å². The van der Waals surface area contributed by atoms with Crippen molar-refractivity contribution < 1.29 is 5.11 Å². The van der Waals surface area contributed by atoms with Crippen molar-refractivity contribution in [3.8, 4) is 0 Å². The van der Waals surface area contributed by atoms with Gasteiger partial charge in [-0.2, -0.15) is 0 Å². The third kappa shape index (κ3) is 2.15. The Balaban J connectivity index is 2.08. The molecule has 0 radical (unpaired) electrons. The van der Waals surface area contributed by atoms with Crippen LogP contribution in [0.1, 0.15) is 31.0 Å². The molecule has 2 aromatic rings. The number of imidazole rings is 1. The number of hydrogen-bond donors (Lipinski definition) is 2. The average Bonchev–Trinajstić information content (AvgIpc) is 3.03. The molecule has 0 aliphatic heterocycles. The molecule has 2 atom stereocenters. The minimum absolute atomic E-state index is 0.146. The maximum Gasteiger partial charge on any atom is 0.113 e. The molecule has 0 bridgehead atoms. The predicted molar refractivity (Wildman–Crippen MR) is 76.0 cm³/mol. The summed E-state index contributed by atoms with van der Waals surface area (Å²) in [5.41, 5.74) is 8.03. The van der Waals surface area contributed by atoms with Gasteiger partial charge in [0.15, 0.2) is 0 Å². The minimum Gasteiger partial charge on any atom is -0.395 e. The van der Waals surface area contributed by atoms with Crippen molar-refractivity contribution in [3.05, 3.63) is 30.1 Å². The number of nitrogens with zero attached hydrogens (tertiary/aromatic N) is 2. The molecular weight excluding hydrogens is 238 g/mol. The summed E-state index contributed by atoms with van der Waals surface area (Å²) in [6.45, 7) is 1.49. The third-order valence-electron chi connectivity index (χ3n) is 4.30. The van der Waals surface area contributed by atoms with Crippen molar-refractivity contribution in [2.45, 2.75) is 31.7 Å². The van der Waals surface area contributed by atoms with Crippen LogP contribution in [0.4, 0.5) is 0 Å². The van der Waals surface area contributed by atoms with E-state index in [1.54, 1.807) is 0 Å². The molecular formula is C15H21N3O. The van der Waals surface area contributed by atoms with E-state index in [0.717, 1.165) is 29.8 Å². The van der Waals surface area contributed by atoms with Crippen molar-refractivity contribution in [1.82, 2.24) is 9.55 Å². The second-order valence-corrected chi connectivity index (χ2v) is 5.37. The first-order valence-electron chi connectivity index (χ1n) is 7.11. The molecule has 0 spiro atoms. The van der Waals surface area contributed by atoms with E-state index in [4.69, 9.17) is 10.7 Å². The molecule has 1 saturated carbocycles. The van der Waals surface area contributed by atoms with E-state index in [9.17, 15) is 5.11 Å². The molecule has 1 aliphatic rings. The lowest BCUT2D eigenvalue weighted by Crippen LogP contribution is -2.20. The van der Waals surface area contributed by atoms with E-state index >= 15 is 0 Å². The maximum atomic E-state index is 9.31. The molecule has 1 heterocycles. The van der Waals surface area contributed by atoms with Gasteiger partial charge in [0.2, 0.25) is 0 Å². The highest BCUT2D eigenvalue weighted by atomic mass is 16.3. The molecule has 0 amide bonds. The van der Waals surface area contributed by atoms with Gasteiger partial charge in [0.05, 0.1) is 17.6 Å². The maximum absolute atomic E-state index is 9.31. The first-order chi connectivity index (χ1) is 9.35. The molecule has 1 fully saturated rings. The van der Waals surface area contributed by atoms with Gasteiger partial charge in [-0.15, -0.1) is 0 Å². The van der Waals surface area contributed by atoms with E-state index in [-0.39, 0.29) is 6.61 Å². The molecule has 102 valence electrons. The Morgan fingerprint density at radius 2 is 2.16 bits per heavy atom. The number of rotatable bonds is 4. The Kier molecular flexibility index (Phi) is 3.53. The molecule has 1 aliphatic carbocycles. The van der Waals surface area contributed by atoms with Gasteiger partial charge in [0.1, 0.15) is 5.82 Å². The first-order valence-corrected chi connectivity index (χ1v) is 7.11.